The maximum atomic E-state index is 11.9. The zero-order chi connectivity index (χ0) is 15.4. The van der Waals surface area contributed by atoms with Crippen LogP contribution in [0.15, 0.2) is 18.2 Å². The minimum atomic E-state index is -0.476. The Morgan fingerprint density at radius 2 is 2.24 bits per heavy atom. The summed E-state index contributed by atoms with van der Waals surface area (Å²) >= 11 is 1.03. The lowest BCUT2D eigenvalue weighted by atomic mass is 10.2. The lowest BCUT2D eigenvalue weighted by Gasteiger charge is -2.23. The monoisotopic (exact) mass is 309 g/mol. The standard InChI is InChI=1S/C13H15N3O4S/c1-20-8-2-3-10(9(14)6-8)15-11(17)7-16-12(18)4-5-21-13(16)19/h2-3,6H,4-5,7,14H2,1H3,(H,15,17). The number of methoxy groups -OCH3 is 1. The largest absolute Gasteiger partial charge is 0.497 e. The molecule has 7 nitrogen and oxygen atoms in total. The number of rotatable bonds is 4. The summed E-state index contributed by atoms with van der Waals surface area (Å²) in [6.45, 7) is -0.309. The second kappa shape index (κ2) is 6.49. The summed E-state index contributed by atoms with van der Waals surface area (Å²) in [6.07, 6.45) is 0.258. The van der Waals surface area contributed by atoms with Crippen molar-refractivity contribution in [3.63, 3.8) is 0 Å². The maximum absolute atomic E-state index is 11.9. The van der Waals surface area contributed by atoms with Crippen LogP contribution in [-0.4, -0.2) is 41.4 Å². The molecule has 1 aromatic rings. The molecule has 1 fully saturated rings. The molecule has 0 saturated carbocycles. The van der Waals surface area contributed by atoms with Gasteiger partial charge >= 0.3 is 0 Å². The van der Waals surface area contributed by atoms with E-state index in [1.807, 2.05) is 0 Å². The van der Waals surface area contributed by atoms with E-state index in [1.165, 1.54) is 7.11 Å². The van der Waals surface area contributed by atoms with E-state index in [1.54, 1.807) is 18.2 Å². The first-order valence-corrected chi connectivity index (χ1v) is 7.20. The molecule has 1 aliphatic rings. The van der Waals surface area contributed by atoms with Crippen LogP contribution in [-0.2, 0) is 9.59 Å². The van der Waals surface area contributed by atoms with E-state index in [4.69, 9.17) is 10.5 Å². The van der Waals surface area contributed by atoms with Crippen LogP contribution in [0.5, 0.6) is 5.75 Å². The van der Waals surface area contributed by atoms with E-state index >= 15 is 0 Å². The Morgan fingerprint density at radius 1 is 1.48 bits per heavy atom. The average Bonchev–Trinajstić information content (AvgIpc) is 2.45. The van der Waals surface area contributed by atoms with Crippen molar-refractivity contribution >= 4 is 40.2 Å². The van der Waals surface area contributed by atoms with Crippen LogP contribution < -0.4 is 15.8 Å². The fourth-order valence-corrected chi connectivity index (χ4v) is 2.58. The molecule has 0 bridgehead atoms. The van der Waals surface area contributed by atoms with E-state index in [9.17, 15) is 14.4 Å². The molecular weight excluding hydrogens is 294 g/mol. The number of thioether (sulfide) groups is 1. The van der Waals surface area contributed by atoms with Gasteiger partial charge in [-0.1, -0.05) is 11.8 Å². The van der Waals surface area contributed by atoms with Gasteiger partial charge in [0.15, 0.2) is 0 Å². The first-order chi connectivity index (χ1) is 10.0. The zero-order valence-electron chi connectivity index (χ0n) is 11.4. The zero-order valence-corrected chi connectivity index (χ0v) is 12.2. The number of nitrogens with zero attached hydrogens (tertiary/aromatic N) is 1. The summed E-state index contributed by atoms with van der Waals surface area (Å²) in [5, 5.41) is 2.18. The predicted molar refractivity (Wildman–Crippen MR) is 80.2 cm³/mol. The highest BCUT2D eigenvalue weighted by Crippen LogP contribution is 2.24. The second-order valence-corrected chi connectivity index (χ2v) is 5.39. The number of nitrogen functional groups attached to an aromatic ring is 1. The van der Waals surface area contributed by atoms with Crippen molar-refractivity contribution in [3.8, 4) is 5.75 Å². The van der Waals surface area contributed by atoms with Crippen LogP contribution in [0, 0.1) is 0 Å². The molecule has 1 aliphatic heterocycles. The molecule has 3 N–H and O–H groups in total. The summed E-state index contributed by atoms with van der Waals surface area (Å²) in [5.74, 6) is 0.220. The molecule has 112 valence electrons. The topological polar surface area (TPSA) is 102 Å². The molecule has 0 aliphatic carbocycles. The van der Waals surface area contributed by atoms with E-state index in [-0.39, 0.29) is 18.9 Å². The van der Waals surface area contributed by atoms with Gasteiger partial charge in [-0.05, 0) is 12.1 Å². The summed E-state index contributed by atoms with van der Waals surface area (Å²) in [6, 6.07) is 4.82. The van der Waals surface area contributed by atoms with Crippen LogP contribution >= 0.6 is 11.8 Å². The van der Waals surface area contributed by atoms with Gasteiger partial charge in [0.25, 0.3) is 5.24 Å². The van der Waals surface area contributed by atoms with Crippen molar-refractivity contribution in [1.82, 2.24) is 4.90 Å². The van der Waals surface area contributed by atoms with Gasteiger partial charge in [-0.3, -0.25) is 19.3 Å². The first-order valence-electron chi connectivity index (χ1n) is 6.21. The number of ether oxygens (including phenoxy) is 1. The highest BCUT2D eigenvalue weighted by Gasteiger charge is 2.28. The van der Waals surface area contributed by atoms with E-state index in [0.717, 1.165) is 16.7 Å². The number of imide groups is 1. The van der Waals surface area contributed by atoms with E-state index in [2.05, 4.69) is 5.32 Å². The predicted octanol–water partition coefficient (Wildman–Crippen LogP) is 1.30. The molecule has 1 saturated heterocycles. The van der Waals surface area contributed by atoms with Gasteiger partial charge in [0.1, 0.15) is 12.3 Å². The van der Waals surface area contributed by atoms with Crippen LogP contribution in [0.2, 0.25) is 0 Å². The summed E-state index contributed by atoms with van der Waals surface area (Å²) in [7, 11) is 1.51. The maximum Gasteiger partial charge on any atom is 0.288 e. The third-order valence-corrected chi connectivity index (χ3v) is 3.77. The number of hydrogen-bond acceptors (Lipinski definition) is 6. The van der Waals surface area contributed by atoms with Crippen LogP contribution in [0.1, 0.15) is 6.42 Å². The molecule has 0 atom stereocenters. The highest BCUT2D eigenvalue weighted by atomic mass is 32.2. The molecule has 0 spiro atoms. The second-order valence-electron chi connectivity index (χ2n) is 4.35. The smallest absolute Gasteiger partial charge is 0.288 e. The number of anilines is 2. The minimum Gasteiger partial charge on any atom is -0.497 e. The van der Waals surface area contributed by atoms with Crippen molar-refractivity contribution in [2.75, 3.05) is 30.5 Å². The molecular formula is C13H15N3O4S. The third-order valence-electron chi connectivity index (χ3n) is 2.90. The molecule has 21 heavy (non-hydrogen) atoms. The number of carbonyl (C=O) groups is 3. The van der Waals surface area contributed by atoms with E-state index in [0.29, 0.717) is 22.9 Å². The van der Waals surface area contributed by atoms with Gasteiger partial charge in [-0.25, -0.2) is 0 Å². The third kappa shape index (κ3) is 3.66. The Morgan fingerprint density at radius 3 is 2.86 bits per heavy atom. The number of hydrogen-bond donors (Lipinski definition) is 2. The molecule has 3 amide bonds. The summed E-state index contributed by atoms with van der Waals surface area (Å²) in [5.41, 5.74) is 6.54. The van der Waals surface area contributed by atoms with Crippen molar-refractivity contribution in [2.45, 2.75) is 6.42 Å². The molecule has 8 heteroatoms. The molecule has 1 aromatic carbocycles. The fourth-order valence-electron chi connectivity index (χ4n) is 1.81. The SMILES string of the molecule is COc1ccc(NC(=O)CN2C(=O)CCSC2=O)c(N)c1. The number of benzene rings is 1. The molecule has 0 radical (unpaired) electrons. The molecule has 0 aromatic heterocycles. The van der Waals surface area contributed by atoms with Gasteiger partial charge in [0.2, 0.25) is 11.8 Å². The van der Waals surface area contributed by atoms with Crippen molar-refractivity contribution in [1.29, 1.82) is 0 Å². The molecule has 2 rings (SSSR count). The normalized spacial score (nSPS) is 15.0. The Kier molecular flexibility index (Phi) is 4.69. The van der Waals surface area contributed by atoms with Crippen LogP contribution in [0.25, 0.3) is 0 Å². The molecule has 1 heterocycles. The van der Waals surface area contributed by atoms with Crippen LogP contribution in [0.3, 0.4) is 0 Å². The van der Waals surface area contributed by atoms with Gasteiger partial charge in [0.05, 0.1) is 18.5 Å². The van der Waals surface area contributed by atoms with Gasteiger partial charge in [-0.15, -0.1) is 0 Å². The van der Waals surface area contributed by atoms with Crippen molar-refractivity contribution in [2.24, 2.45) is 0 Å². The number of amides is 3. The average molecular weight is 309 g/mol. The fraction of sp³-hybridized carbons (Fsp3) is 0.308. The number of carbonyl (C=O) groups excluding carboxylic acids is 3. The minimum absolute atomic E-state index is 0.258. The van der Waals surface area contributed by atoms with E-state index < -0.39 is 11.1 Å². The van der Waals surface area contributed by atoms with Crippen LogP contribution in [0.4, 0.5) is 16.2 Å². The van der Waals surface area contributed by atoms with Crippen molar-refractivity contribution < 1.29 is 19.1 Å². The number of nitrogens with two attached hydrogens (primary N) is 1. The highest BCUT2D eigenvalue weighted by molar-refractivity contribution is 8.13. The van der Waals surface area contributed by atoms with Gasteiger partial charge in [0, 0.05) is 18.2 Å². The number of nitrogens with one attached hydrogen (secondary N) is 1. The quantitative estimate of drug-likeness (QED) is 0.813. The Balaban J connectivity index is 2.01. The Hall–Kier alpha value is -2.22. The summed E-state index contributed by atoms with van der Waals surface area (Å²) < 4.78 is 5.01. The summed E-state index contributed by atoms with van der Waals surface area (Å²) in [4.78, 5) is 36.1. The lowest BCUT2D eigenvalue weighted by molar-refractivity contribution is -0.131. The lowest BCUT2D eigenvalue weighted by Crippen LogP contribution is -2.43. The van der Waals surface area contributed by atoms with Gasteiger partial charge in [-0.2, -0.15) is 0 Å². The van der Waals surface area contributed by atoms with Crippen molar-refractivity contribution in [3.05, 3.63) is 18.2 Å². The Bertz CT molecular complexity index is 575. The molecule has 0 unspecified atom stereocenters. The Labute approximate surface area is 125 Å². The first kappa shape index (κ1) is 15.2. The van der Waals surface area contributed by atoms with Gasteiger partial charge < -0.3 is 15.8 Å².